The maximum absolute atomic E-state index is 12.2. The molecule has 0 atom stereocenters. The highest BCUT2D eigenvalue weighted by Crippen LogP contribution is 2.18. The first kappa shape index (κ1) is 16.9. The number of nitro benzene ring substituents is 1. The number of carboxylic acids is 1. The van der Waals surface area contributed by atoms with Crippen molar-refractivity contribution in [2.45, 2.75) is 6.92 Å². The van der Waals surface area contributed by atoms with Gasteiger partial charge in [0.15, 0.2) is 0 Å². The van der Waals surface area contributed by atoms with E-state index in [1.54, 1.807) is 25.1 Å². The molecule has 0 aliphatic rings. The first-order chi connectivity index (χ1) is 11.4. The van der Waals surface area contributed by atoms with E-state index in [2.05, 4.69) is 5.32 Å². The van der Waals surface area contributed by atoms with Crippen LogP contribution >= 0.6 is 0 Å². The van der Waals surface area contributed by atoms with Crippen LogP contribution in [0.4, 0.5) is 11.4 Å². The molecule has 0 heterocycles. The number of nitrogens with one attached hydrogen (secondary N) is 1. The SMILES string of the molecule is CC(=Cc1ccc([N+](=O)[O-])cc1)C(=O)Nc1ccccc1C(=O)O. The number of carbonyl (C=O) groups excluding carboxylic acids is 1. The van der Waals surface area contributed by atoms with E-state index in [-0.39, 0.29) is 16.9 Å². The minimum Gasteiger partial charge on any atom is -0.478 e. The van der Waals surface area contributed by atoms with E-state index in [0.717, 1.165) is 0 Å². The molecule has 24 heavy (non-hydrogen) atoms. The Labute approximate surface area is 137 Å². The smallest absolute Gasteiger partial charge is 0.337 e. The number of rotatable bonds is 5. The summed E-state index contributed by atoms with van der Waals surface area (Å²) in [4.78, 5) is 33.4. The van der Waals surface area contributed by atoms with Crippen LogP contribution in [-0.4, -0.2) is 21.9 Å². The molecule has 2 aromatic rings. The van der Waals surface area contributed by atoms with Gasteiger partial charge in [-0.1, -0.05) is 12.1 Å². The lowest BCUT2D eigenvalue weighted by Crippen LogP contribution is -2.15. The zero-order valence-corrected chi connectivity index (χ0v) is 12.7. The molecule has 0 spiro atoms. The Morgan fingerprint density at radius 3 is 2.33 bits per heavy atom. The Morgan fingerprint density at radius 1 is 1.12 bits per heavy atom. The van der Waals surface area contributed by atoms with E-state index < -0.39 is 16.8 Å². The molecule has 7 nitrogen and oxygen atoms in total. The summed E-state index contributed by atoms with van der Waals surface area (Å²) in [5.74, 6) is -1.59. The van der Waals surface area contributed by atoms with Crippen molar-refractivity contribution in [3.05, 3.63) is 75.3 Å². The number of carboxylic acid groups (broad SMARTS) is 1. The summed E-state index contributed by atoms with van der Waals surface area (Å²) in [7, 11) is 0. The predicted octanol–water partition coefficient (Wildman–Crippen LogP) is 3.34. The summed E-state index contributed by atoms with van der Waals surface area (Å²) in [6.45, 7) is 1.57. The third-order valence-corrected chi connectivity index (χ3v) is 3.25. The highest BCUT2D eigenvalue weighted by Gasteiger charge is 2.12. The number of benzene rings is 2. The molecule has 0 aliphatic heterocycles. The second-order valence-electron chi connectivity index (χ2n) is 4.98. The van der Waals surface area contributed by atoms with Crippen molar-refractivity contribution in [2.24, 2.45) is 0 Å². The summed E-state index contributed by atoms with van der Waals surface area (Å²) < 4.78 is 0. The number of para-hydroxylation sites is 1. The van der Waals surface area contributed by atoms with Crippen LogP contribution in [0.1, 0.15) is 22.8 Å². The number of non-ortho nitro benzene ring substituents is 1. The first-order valence-corrected chi connectivity index (χ1v) is 6.95. The van der Waals surface area contributed by atoms with E-state index in [0.29, 0.717) is 11.1 Å². The lowest BCUT2D eigenvalue weighted by molar-refractivity contribution is -0.384. The standard InChI is InChI=1S/C17H14N2O5/c1-11(10-12-6-8-13(9-7-12)19(23)24)16(20)18-15-5-3-2-4-14(15)17(21)22/h2-10H,1H3,(H,18,20)(H,21,22). The minimum atomic E-state index is -1.14. The monoisotopic (exact) mass is 326 g/mol. The minimum absolute atomic E-state index is 0.00557. The van der Waals surface area contributed by atoms with Gasteiger partial charge in [-0.15, -0.1) is 0 Å². The number of amides is 1. The average Bonchev–Trinajstić information content (AvgIpc) is 2.55. The fourth-order valence-electron chi connectivity index (χ4n) is 2.01. The van der Waals surface area contributed by atoms with Gasteiger partial charge in [-0.2, -0.15) is 0 Å². The highest BCUT2D eigenvalue weighted by molar-refractivity contribution is 6.09. The Balaban J connectivity index is 2.17. The number of carbonyl (C=O) groups is 2. The van der Waals surface area contributed by atoms with Gasteiger partial charge in [-0.3, -0.25) is 14.9 Å². The number of hydrogen-bond acceptors (Lipinski definition) is 4. The molecule has 2 rings (SSSR count). The second kappa shape index (κ2) is 7.19. The molecule has 0 aliphatic carbocycles. The van der Waals surface area contributed by atoms with Crippen molar-refractivity contribution < 1.29 is 19.6 Å². The van der Waals surface area contributed by atoms with Crippen LogP contribution in [0.2, 0.25) is 0 Å². The Kier molecular flexibility index (Phi) is 5.06. The molecule has 1 amide bonds. The fraction of sp³-hybridized carbons (Fsp3) is 0.0588. The fourth-order valence-corrected chi connectivity index (χ4v) is 2.01. The summed E-state index contributed by atoms with van der Waals surface area (Å²) in [5, 5.41) is 22.3. The number of anilines is 1. The van der Waals surface area contributed by atoms with Gasteiger partial charge >= 0.3 is 5.97 Å². The number of hydrogen-bond donors (Lipinski definition) is 2. The van der Waals surface area contributed by atoms with Gasteiger partial charge in [0, 0.05) is 17.7 Å². The van der Waals surface area contributed by atoms with Crippen molar-refractivity contribution in [1.29, 1.82) is 0 Å². The van der Waals surface area contributed by atoms with Gasteiger partial charge in [0.25, 0.3) is 11.6 Å². The van der Waals surface area contributed by atoms with E-state index in [1.807, 2.05) is 0 Å². The number of nitro groups is 1. The molecule has 0 saturated heterocycles. The van der Waals surface area contributed by atoms with Crippen LogP contribution < -0.4 is 5.32 Å². The summed E-state index contributed by atoms with van der Waals surface area (Å²) in [5.41, 5.74) is 1.12. The average molecular weight is 326 g/mol. The Morgan fingerprint density at radius 2 is 1.75 bits per heavy atom. The second-order valence-corrected chi connectivity index (χ2v) is 4.98. The van der Waals surface area contributed by atoms with Crippen molar-refractivity contribution in [3.63, 3.8) is 0 Å². The van der Waals surface area contributed by atoms with E-state index >= 15 is 0 Å². The van der Waals surface area contributed by atoms with Crippen molar-refractivity contribution in [1.82, 2.24) is 0 Å². The summed E-state index contributed by atoms with van der Waals surface area (Å²) in [6, 6.07) is 11.8. The van der Waals surface area contributed by atoms with Crippen LogP contribution in [0.3, 0.4) is 0 Å². The number of aromatic carboxylic acids is 1. The van der Waals surface area contributed by atoms with Gasteiger partial charge in [-0.25, -0.2) is 4.79 Å². The zero-order chi connectivity index (χ0) is 17.7. The van der Waals surface area contributed by atoms with E-state index in [1.165, 1.54) is 36.4 Å². The van der Waals surface area contributed by atoms with Crippen molar-refractivity contribution in [2.75, 3.05) is 5.32 Å². The van der Waals surface area contributed by atoms with Crippen LogP contribution in [0.25, 0.3) is 6.08 Å². The topological polar surface area (TPSA) is 110 Å². The molecule has 0 fully saturated rings. The van der Waals surface area contributed by atoms with Gasteiger partial charge in [0.05, 0.1) is 16.2 Å². The van der Waals surface area contributed by atoms with Crippen LogP contribution in [0.5, 0.6) is 0 Å². The van der Waals surface area contributed by atoms with Crippen LogP contribution in [0.15, 0.2) is 54.1 Å². The third kappa shape index (κ3) is 4.04. The Bertz CT molecular complexity index is 825. The largest absolute Gasteiger partial charge is 0.478 e. The first-order valence-electron chi connectivity index (χ1n) is 6.95. The molecule has 0 bridgehead atoms. The molecule has 7 heteroatoms. The molecular formula is C17H14N2O5. The molecule has 2 aromatic carbocycles. The van der Waals surface area contributed by atoms with Crippen LogP contribution in [0, 0.1) is 10.1 Å². The summed E-state index contributed by atoms with van der Waals surface area (Å²) >= 11 is 0. The highest BCUT2D eigenvalue weighted by atomic mass is 16.6. The number of nitrogens with zero attached hydrogens (tertiary/aromatic N) is 1. The maximum Gasteiger partial charge on any atom is 0.337 e. The Hall–Kier alpha value is -3.48. The maximum atomic E-state index is 12.2. The molecule has 0 unspecified atom stereocenters. The lowest BCUT2D eigenvalue weighted by atomic mass is 10.1. The normalized spacial score (nSPS) is 11.0. The van der Waals surface area contributed by atoms with Crippen molar-refractivity contribution in [3.8, 4) is 0 Å². The predicted molar refractivity (Wildman–Crippen MR) is 88.8 cm³/mol. The summed E-state index contributed by atoms with van der Waals surface area (Å²) in [6.07, 6.45) is 1.56. The zero-order valence-electron chi connectivity index (χ0n) is 12.7. The molecule has 0 saturated carbocycles. The lowest BCUT2D eigenvalue weighted by Gasteiger charge is -2.08. The molecule has 2 N–H and O–H groups in total. The molecule has 0 radical (unpaired) electrons. The van der Waals surface area contributed by atoms with Crippen LogP contribution in [-0.2, 0) is 4.79 Å². The van der Waals surface area contributed by atoms with Gasteiger partial charge in [-0.05, 0) is 42.8 Å². The van der Waals surface area contributed by atoms with E-state index in [9.17, 15) is 19.7 Å². The van der Waals surface area contributed by atoms with Gasteiger partial charge < -0.3 is 10.4 Å². The van der Waals surface area contributed by atoms with Crippen molar-refractivity contribution >= 4 is 29.3 Å². The molecule has 0 aromatic heterocycles. The third-order valence-electron chi connectivity index (χ3n) is 3.25. The van der Waals surface area contributed by atoms with E-state index in [4.69, 9.17) is 5.11 Å². The van der Waals surface area contributed by atoms with Gasteiger partial charge in [0.2, 0.25) is 0 Å². The molecular weight excluding hydrogens is 312 g/mol. The quantitative estimate of drug-likeness (QED) is 0.497. The molecule has 122 valence electrons. The van der Waals surface area contributed by atoms with Gasteiger partial charge in [0.1, 0.15) is 0 Å².